The number of carbonyl (C=O) groups is 1. The summed E-state index contributed by atoms with van der Waals surface area (Å²) < 4.78 is 10.4. The van der Waals surface area contributed by atoms with Gasteiger partial charge in [0, 0.05) is 6.42 Å². The molecule has 0 fully saturated rings. The van der Waals surface area contributed by atoms with E-state index < -0.39 is 5.97 Å². The van der Waals surface area contributed by atoms with Crippen molar-refractivity contribution < 1.29 is 19.4 Å². The molecule has 0 radical (unpaired) electrons. The van der Waals surface area contributed by atoms with E-state index in [-0.39, 0.29) is 4.91 Å². The van der Waals surface area contributed by atoms with Gasteiger partial charge in [-0.25, -0.2) is 9.78 Å². The molecule has 24 heavy (non-hydrogen) atoms. The summed E-state index contributed by atoms with van der Waals surface area (Å²) in [6, 6.07) is 3.24. The highest BCUT2D eigenvalue weighted by Crippen LogP contribution is 2.37. The minimum absolute atomic E-state index is 0.0555. The van der Waals surface area contributed by atoms with E-state index in [9.17, 15) is 9.90 Å². The maximum absolute atomic E-state index is 11.5. The van der Waals surface area contributed by atoms with E-state index in [1.807, 2.05) is 6.92 Å². The third-order valence-electron chi connectivity index (χ3n) is 3.01. The van der Waals surface area contributed by atoms with Crippen molar-refractivity contribution in [3.05, 3.63) is 33.4 Å². The van der Waals surface area contributed by atoms with Gasteiger partial charge in [0.15, 0.2) is 11.5 Å². The SMILES string of the molecule is CCc1nc(S/C(=C\c2cc(Cl)c(OC)c(OC)c2)C(=O)O)n[nH]1. The lowest BCUT2D eigenvalue weighted by Crippen LogP contribution is -1.98. The van der Waals surface area contributed by atoms with Crippen LogP contribution in [0.25, 0.3) is 6.08 Å². The molecule has 0 atom stereocenters. The Hall–Kier alpha value is -2.19. The number of thioether (sulfide) groups is 1. The second-order valence-corrected chi connectivity index (χ2v) is 5.99. The number of carboxylic acids is 1. The Kier molecular flexibility index (Phi) is 6.10. The number of nitrogens with zero attached hydrogens (tertiary/aromatic N) is 2. The van der Waals surface area contributed by atoms with E-state index >= 15 is 0 Å². The van der Waals surface area contributed by atoms with Crippen LogP contribution in [0.2, 0.25) is 5.02 Å². The normalized spacial score (nSPS) is 11.4. The maximum atomic E-state index is 11.5. The molecule has 0 aliphatic carbocycles. The fourth-order valence-corrected chi connectivity index (χ4v) is 2.91. The van der Waals surface area contributed by atoms with Gasteiger partial charge in [-0.05, 0) is 35.5 Å². The predicted molar refractivity (Wildman–Crippen MR) is 91.8 cm³/mol. The van der Waals surface area contributed by atoms with Gasteiger partial charge in [0.05, 0.1) is 19.2 Å². The quantitative estimate of drug-likeness (QED) is 0.571. The highest BCUT2D eigenvalue weighted by Gasteiger charge is 2.15. The number of hydrogen-bond donors (Lipinski definition) is 2. The van der Waals surface area contributed by atoms with Crippen LogP contribution in [0.1, 0.15) is 18.3 Å². The number of aliphatic carboxylic acids is 1. The Morgan fingerprint density at radius 3 is 2.71 bits per heavy atom. The van der Waals surface area contributed by atoms with E-state index in [1.54, 1.807) is 12.1 Å². The lowest BCUT2D eigenvalue weighted by atomic mass is 10.2. The van der Waals surface area contributed by atoms with Gasteiger partial charge in [0.1, 0.15) is 10.7 Å². The van der Waals surface area contributed by atoms with Crippen LogP contribution >= 0.6 is 23.4 Å². The molecule has 0 amide bonds. The third kappa shape index (κ3) is 4.21. The maximum Gasteiger partial charge on any atom is 0.342 e. The molecular formula is C15H16ClN3O4S. The number of hydrogen-bond acceptors (Lipinski definition) is 6. The van der Waals surface area contributed by atoms with Crippen molar-refractivity contribution in [3.8, 4) is 11.5 Å². The molecule has 0 aliphatic rings. The number of aryl methyl sites for hydroxylation is 1. The van der Waals surface area contributed by atoms with Gasteiger partial charge < -0.3 is 14.6 Å². The summed E-state index contributed by atoms with van der Waals surface area (Å²) >= 11 is 7.09. The van der Waals surface area contributed by atoms with Crippen LogP contribution in [0.15, 0.2) is 22.2 Å². The van der Waals surface area contributed by atoms with Gasteiger partial charge in [0.2, 0.25) is 5.16 Å². The van der Waals surface area contributed by atoms with E-state index in [4.69, 9.17) is 21.1 Å². The first-order valence-electron chi connectivity index (χ1n) is 6.94. The summed E-state index contributed by atoms with van der Waals surface area (Å²) in [4.78, 5) is 15.8. The van der Waals surface area contributed by atoms with Crippen LogP contribution in [0.5, 0.6) is 11.5 Å². The summed E-state index contributed by atoms with van der Waals surface area (Å²) in [6.07, 6.45) is 2.16. The van der Waals surface area contributed by atoms with Gasteiger partial charge in [0.25, 0.3) is 0 Å². The topological polar surface area (TPSA) is 97.3 Å². The van der Waals surface area contributed by atoms with Crippen molar-refractivity contribution in [2.24, 2.45) is 0 Å². The zero-order valence-electron chi connectivity index (χ0n) is 13.3. The number of nitrogens with one attached hydrogen (secondary N) is 1. The lowest BCUT2D eigenvalue weighted by molar-refractivity contribution is -0.131. The van der Waals surface area contributed by atoms with Crippen molar-refractivity contribution in [3.63, 3.8) is 0 Å². The molecule has 0 saturated heterocycles. The lowest BCUT2D eigenvalue weighted by Gasteiger charge is -2.10. The summed E-state index contributed by atoms with van der Waals surface area (Å²) in [5.74, 6) is 0.407. The molecule has 7 nitrogen and oxygen atoms in total. The molecule has 1 heterocycles. The molecule has 1 aromatic heterocycles. The van der Waals surface area contributed by atoms with E-state index in [0.29, 0.717) is 39.5 Å². The number of halogens is 1. The van der Waals surface area contributed by atoms with Crippen LogP contribution in [-0.2, 0) is 11.2 Å². The molecule has 9 heteroatoms. The molecule has 0 unspecified atom stereocenters. The van der Waals surface area contributed by atoms with Crippen LogP contribution in [0, 0.1) is 0 Å². The number of aromatic nitrogens is 3. The average molecular weight is 370 g/mol. The molecule has 0 saturated carbocycles. The van der Waals surface area contributed by atoms with E-state index in [1.165, 1.54) is 20.3 Å². The van der Waals surface area contributed by atoms with Gasteiger partial charge in [-0.3, -0.25) is 5.10 Å². The first-order chi connectivity index (χ1) is 11.5. The Labute approximate surface area is 148 Å². The third-order valence-corrected chi connectivity index (χ3v) is 4.17. The second kappa shape index (κ2) is 8.07. The van der Waals surface area contributed by atoms with Crippen LogP contribution < -0.4 is 9.47 Å². The molecule has 1 aromatic carbocycles. The summed E-state index contributed by atoms with van der Waals surface area (Å²) in [7, 11) is 2.96. The summed E-state index contributed by atoms with van der Waals surface area (Å²) in [5.41, 5.74) is 0.564. The van der Waals surface area contributed by atoms with Gasteiger partial charge >= 0.3 is 5.97 Å². The fourth-order valence-electron chi connectivity index (χ4n) is 1.89. The minimum atomic E-state index is -1.09. The molecule has 2 rings (SSSR count). The molecule has 0 bridgehead atoms. The second-order valence-electron chi connectivity index (χ2n) is 4.57. The highest BCUT2D eigenvalue weighted by atomic mass is 35.5. The smallest absolute Gasteiger partial charge is 0.342 e. The van der Waals surface area contributed by atoms with Gasteiger partial charge in [-0.1, -0.05) is 18.5 Å². The summed E-state index contributed by atoms with van der Waals surface area (Å²) in [5, 5.41) is 16.8. The molecule has 128 valence electrons. The number of benzene rings is 1. The molecule has 2 aromatic rings. The summed E-state index contributed by atoms with van der Waals surface area (Å²) in [6.45, 7) is 1.93. The van der Waals surface area contributed by atoms with Crippen molar-refractivity contribution in [2.75, 3.05) is 14.2 Å². The van der Waals surface area contributed by atoms with Crippen molar-refractivity contribution in [2.45, 2.75) is 18.5 Å². The molecule has 2 N–H and O–H groups in total. The largest absolute Gasteiger partial charge is 0.493 e. The number of aromatic amines is 1. The van der Waals surface area contributed by atoms with Gasteiger partial charge in [-0.2, -0.15) is 0 Å². The Morgan fingerprint density at radius 2 is 2.17 bits per heavy atom. The highest BCUT2D eigenvalue weighted by molar-refractivity contribution is 8.04. The van der Waals surface area contributed by atoms with E-state index in [2.05, 4.69) is 15.2 Å². The van der Waals surface area contributed by atoms with Crippen molar-refractivity contribution in [1.29, 1.82) is 0 Å². The zero-order chi connectivity index (χ0) is 17.7. The first-order valence-corrected chi connectivity index (χ1v) is 8.13. The zero-order valence-corrected chi connectivity index (χ0v) is 14.9. The van der Waals surface area contributed by atoms with Crippen molar-refractivity contribution in [1.82, 2.24) is 15.2 Å². The van der Waals surface area contributed by atoms with Crippen LogP contribution in [0.4, 0.5) is 0 Å². The number of H-pyrrole nitrogens is 1. The predicted octanol–water partition coefficient (Wildman–Crippen LogP) is 3.26. The Bertz CT molecular complexity index is 776. The molecular weight excluding hydrogens is 354 g/mol. The van der Waals surface area contributed by atoms with Crippen LogP contribution in [0.3, 0.4) is 0 Å². The average Bonchev–Trinajstić information content (AvgIpc) is 3.01. The van der Waals surface area contributed by atoms with Gasteiger partial charge in [-0.15, -0.1) is 5.10 Å². The Morgan fingerprint density at radius 1 is 1.42 bits per heavy atom. The number of ether oxygens (including phenoxy) is 2. The first kappa shape index (κ1) is 18.2. The monoisotopic (exact) mass is 369 g/mol. The number of carboxylic acid groups (broad SMARTS) is 1. The fraction of sp³-hybridized carbons (Fsp3) is 0.267. The molecule has 0 spiro atoms. The van der Waals surface area contributed by atoms with Crippen molar-refractivity contribution >= 4 is 35.4 Å². The molecule has 0 aliphatic heterocycles. The number of methoxy groups -OCH3 is 2. The minimum Gasteiger partial charge on any atom is -0.493 e. The number of rotatable bonds is 7. The standard InChI is InChI=1S/C15H16ClN3O4S/c1-4-12-17-15(19-18-12)24-11(14(20)21)7-8-5-9(16)13(23-3)10(6-8)22-2/h5-7H,4H2,1-3H3,(H,20,21)(H,17,18,19)/b11-7-. The Balaban J connectivity index is 2.37. The van der Waals surface area contributed by atoms with Crippen LogP contribution in [-0.4, -0.2) is 40.5 Å². The van der Waals surface area contributed by atoms with E-state index in [0.717, 1.165) is 11.8 Å².